The molecule has 6 nitrogen and oxygen atoms in total. The molecule has 0 aromatic carbocycles. The van der Waals surface area contributed by atoms with Crippen molar-refractivity contribution in [2.75, 3.05) is 18.0 Å². The van der Waals surface area contributed by atoms with Crippen molar-refractivity contribution in [3.05, 3.63) is 23.2 Å². The number of rotatable bonds is 4. The second-order valence-corrected chi connectivity index (χ2v) is 11.5. The molecule has 1 saturated carbocycles. The Labute approximate surface area is 177 Å². The van der Waals surface area contributed by atoms with Gasteiger partial charge in [-0.1, -0.05) is 6.42 Å². The molecule has 2 fully saturated rings. The molecular formula is C20H28BrN5OS. The van der Waals surface area contributed by atoms with Gasteiger partial charge in [0.15, 0.2) is 0 Å². The first-order chi connectivity index (χ1) is 13.3. The molecule has 2 aromatic heterocycles. The van der Waals surface area contributed by atoms with Crippen molar-refractivity contribution in [3.63, 3.8) is 0 Å². The highest BCUT2D eigenvalue weighted by molar-refractivity contribution is 9.10. The van der Waals surface area contributed by atoms with Crippen LogP contribution in [0.15, 0.2) is 23.2 Å². The highest BCUT2D eigenvalue weighted by atomic mass is 79.9. The van der Waals surface area contributed by atoms with Crippen LogP contribution in [0.3, 0.4) is 0 Å². The largest absolute Gasteiger partial charge is 0.356 e. The van der Waals surface area contributed by atoms with Crippen LogP contribution in [-0.4, -0.2) is 37.0 Å². The molecule has 2 aliphatic rings. The Balaban J connectivity index is 1.53. The molecule has 1 aliphatic heterocycles. The smallest absolute Gasteiger partial charge is 0.139 e. The van der Waals surface area contributed by atoms with Gasteiger partial charge in [-0.3, -0.25) is 5.14 Å². The summed E-state index contributed by atoms with van der Waals surface area (Å²) < 4.78 is 12.5. The number of fused-ring (bicyclic) bond motifs is 1. The molecule has 1 saturated heterocycles. The molecular weight excluding hydrogens is 438 g/mol. The third-order valence-corrected chi connectivity index (χ3v) is 8.75. The fraction of sp³-hybridized carbons (Fsp3) is 0.650. The number of anilines is 1. The van der Waals surface area contributed by atoms with E-state index in [0.29, 0.717) is 11.3 Å². The molecule has 8 heteroatoms. The first-order valence-corrected chi connectivity index (χ1v) is 12.0. The summed E-state index contributed by atoms with van der Waals surface area (Å²) in [4.78, 5) is 15.7. The zero-order chi connectivity index (χ0) is 19.9. The van der Waals surface area contributed by atoms with Crippen LogP contribution in [0.25, 0.3) is 10.9 Å². The fourth-order valence-corrected chi connectivity index (χ4v) is 5.99. The van der Waals surface area contributed by atoms with Gasteiger partial charge < -0.3 is 4.90 Å². The summed E-state index contributed by atoms with van der Waals surface area (Å²) in [5.74, 6) is 1.58. The molecule has 2 atom stereocenters. The van der Waals surface area contributed by atoms with Gasteiger partial charge in [0.05, 0.1) is 31.1 Å². The molecule has 4 rings (SSSR count). The summed E-state index contributed by atoms with van der Waals surface area (Å²) in [6, 6.07) is 0. The SMILES string of the molecule is CC(C)(C[C@H]1CCCC12CCN(c1ncc(Br)c3ncncc13)CC2)S(N)=O. The topological polar surface area (TPSA) is 85.0 Å². The molecule has 1 spiro atoms. The van der Waals surface area contributed by atoms with E-state index in [-0.39, 0.29) is 4.75 Å². The summed E-state index contributed by atoms with van der Waals surface area (Å²) in [6.45, 7) is 6.06. The van der Waals surface area contributed by atoms with Crippen molar-refractivity contribution < 1.29 is 4.21 Å². The van der Waals surface area contributed by atoms with Crippen LogP contribution in [0.4, 0.5) is 5.82 Å². The molecule has 0 bridgehead atoms. The van der Waals surface area contributed by atoms with E-state index in [4.69, 9.17) is 5.14 Å². The van der Waals surface area contributed by atoms with E-state index >= 15 is 0 Å². The molecule has 2 N–H and O–H groups in total. The molecule has 0 amide bonds. The van der Waals surface area contributed by atoms with Crippen molar-refractivity contribution in [1.29, 1.82) is 0 Å². The van der Waals surface area contributed by atoms with E-state index in [2.05, 4.69) is 35.8 Å². The zero-order valence-electron chi connectivity index (χ0n) is 16.5. The minimum atomic E-state index is -1.29. The standard InChI is InChI=1S/C20H28BrN5OS/c1-19(2,28(22)27)10-14-4-3-5-20(14)6-8-26(9-7-20)18-15-11-23-13-25-17(15)16(21)12-24-18/h11-14H,3-10,22H2,1-2H3/t14-,28?/m1/s1. The van der Waals surface area contributed by atoms with Gasteiger partial charge in [-0.25, -0.2) is 19.2 Å². The number of nitrogens with zero attached hydrogens (tertiary/aromatic N) is 4. The second-order valence-electron chi connectivity index (χ2n) is 8.91. The van der Waals surface area contributed by atoms with Crippen LogP contribution in [-0.2, 0) is 11.0 Å². The Morgan fingerprint density at radius 1 is 1.29 bits per heavy atom. The summed E-state index contributed by atoms with van der Waals surface area (Å²) >= 11 is 3.54. The Bertz CT molecular complexity index is 897. The minimum Gasteiger partial charge on any atom is -0.356 e. The molecule has 3 heterocycles. The minimum absolute atomic E-state index is 0.319. The van der Waals surface area contributed by atoms with E-state index in [9.17, 15) is 4.21 Å². The van der Waals surface area contributed by atoms with Crippen LogP contribution >= 0.6 is 15.9 Å². The summed E-state index contributed by atoms with van der Waals surface area (Å²) in [5.41, 5.74) is 1.26. The van der Waals surface area contributed by atoms with E-state index in [1.807, 2.05) is 26.2 Å². The lowest BCUT2D eigenvalue weighted by Crippen LogP contribution is -2.45. The third kappa shape index (κ3) is 3.59. The molecule has 152 valence electrons. The van der Waals surface area contributed by atoms with Crippen molar-refractivity contribution >= 4 is 43.6 Å². The predicted octanol–water partition coefficient (Wildman–Crippen LogP) is 3.97. The number of piperidine rings is 1. The quantitative estimate of drug-likeness (QED) is 0.737. The summed E-state index contributed by atoms with van der Waals surface area (Å²) in [7, 11) is -1.29. The Morgan fingerprint density at radius 3 is 2.75 bits per heavy atom. The van der Waals surface area contributed by atoms with Gasteiger partial charge in [-0.2, -0.15) is 0 Å². The molecule has 2 aromatic rings. The number of hydrogen-bond acceptors (Lipinski definition) is 5. The maximum atomic E-state index is 12.0. The molecule has 1 aliphatic carbocycles. The van der Waals surface area contributed by atoms with Crippen molar-refractivity contribution in [2.24, 2.45) is 16.5 Å². The number of pyridine rings is 1. The first-order valence-electron chi connectivity index (χ1n) is 9.98. The number of aromatic nitrogens is 3. The van der Waals surface area contributed by atoms with Gasteiger partial charge in [0, 0.05) is 25.5 Å². The number of hydrogen-bond donors (Lipinski definition) is 1. The summed E-state index contributed by atoms with van der Waals surface area (Å²) in [5, 5.41) is 6.77. The van der Waals surface area contributed by atoms with Crippen LogP contribution < -0.4 is 10.0 Å². The highest BCUT2D eigenvalue weighted by Gasteiger charge is 2.47. The monoisotopic (exact) mass is 465 g/mol. The second kappa shape index (κ2) is 7.61. The van der Waals surface area contributed by atoms with E-state index in [0.717, 1.165) is 53.5 Å². The normalized spacial score (nSPS) is 23.4. The van der Waals surface area contributed by atoms with E-state index in [1.165, 1.54) is 19.3 Å². The van der Waals surface area contributed by atoms with Gasteiger partial charge in [-0.05, 0) is 73.2 Å². The molecule has 0 radical (unpaired) electrons. The van der Waals surface area contributed by atoms with Crippen LogP contribution in [0.1, 0.15) is 52.4 Å². The first kappa shape index (κ1) is 20.2. The van der Waals surface area contributed by atoms with Crippen LogP contribution in [0.2, 0.25) is 0 Å². The maximum absolute atomic E-state index is 12.0. The van der Waals surface area contributed by atoms with Gasteiger partial charge >= 0.3 is 0 Å². The van der Waals surface area contributed by atoms with Gasteiger partial charge in [0.1, 0.15) is 12.1 Å². The molecule has 28 heavy (non-hydrogen) atoms. The average Bonchev–Trinajstić information content (AvgIpc) is 3.04. The lowest BCUT2D eigenvalue weighted by molar-refractivity contribution is 0.134. The number of halogens is 1. The summed E-state index contributed by atoms with van der Waals surface area (Å²) in [6.07, 6.45) is 12.3. The Kier molecular flexibility index (Phi) is 5.48. The maximum Gasteiger partial charge on any atom is 0.139 e. The van der Waals surface area contributed by atoms with Gasteiger partial charge in [-0.15, -0.1) is 0 Å². The van der Waals surface area contributed by atoms with Crippen molar-refractivity contribution in [2.45, 2.75) is 57.1 Å². The Hall–Kier alpha value is -1.12. The lowest BCUT2D eigenvalue weighted by atomic mass is 9.68. The van der Waals surface area contributed by atoms with Crippen LogP contribution in [0.5, 0.6) is 0 Å². The van der Waals surface area contributed by atoms with Crippen LogP contribution in [0, 0.1) is 11.3 Å². The predicted molar refractivity (Wildman–Crippen MR) is 117 cm³/mol. The highest BCUT2D eigenvalue weighted by Crippen LogP contribution is 2.53. The van der Waals surface area contributed by atoms with E-state index in [1.54, 1.807) is 6.33 Å². The zero-order valence-corrected chi connectivity index (χ0v) is 18.9. The van der Waals surface area contributed by atoms with Gasteiger partial charge in [0.2, 0.25) is 0 Å². The van der Waals surface area contributed by atoms with Crippen molar-refractivity contribution in [1.82, 2.24) is 15.0 Å². The van der Waals surface area contributed by atoms with Gasteiger partial charge in [0.25, 0.3) is 0 Å². The Morgan fingerprint density at radius 2 is 2.04 bits per heavy atom. The number of nitrogens with two attached hydrogens (primary N) is 1. The van der Waals surface area contributed by atoms with Crippen molar-refractivity contribution in [3.8, 4) is 0 Å². The van der Waals surface area contributed by atoms with E-state index < -0.39 is 11.0 Å². The molecule has 1 unspecified atom stereocenters. The lowest BCUT2D eigenvalue weighted by Gasteiger charge is -2.45. The third-order valence-electron chi connectivity index (χ3n) is 6.91. The average molecular weight is 466 g/mol. The fourth-order valence-electron chi connectivity index (χ4n) is 5.21.